The number of halogens is 1. The molecule has 3 aromatic heterocycles. The molecule has 1 atom stereocenters. The summed E-state index contributed by atoms with van der Waals surface area (Å²) in [7, 11) is 1.91. The number of rotatable bonds is 4. The van der Waals surface area contributed by atoms with Crippen LogP contribution < -0.4 is 0 Å². The molecule has 5 rings (SSSR count). The van der Waals surface area contributed by atoms with Crippen molar-refractivity contribution in [3.05, 3.63) is 84.0 Å². The van der Waals surface area contributed by atoms with Crippen molar-refractivity contribution in [2.24, 2.45) is 7.05 Å². The maximum atomic E-state index is 13.5. The van der Waals surface area contributed by atoms with Crippen LogP contribution in [0.1, 0.15) is 29.8 Å². The average molecular weight is 385 g/mol. The molecule has 0 saturated carbocycles. The summed E-state index contributed by atoms with van der Waals surface area (Å²) in [5.74, 6) is -0.258. The van der Waals surface area contributed by atoms with Crippen LogP contribution in [0.5, 0.6) is 0 Å². The number of aromatic nitrogens is 5. The van der Waals surface area contributed by atoms with E-state index in [1.807, 2.05) is 38.0 Å². The predicted molar refractivity (Wildman–Crippen MR) is 111 cm³/mol. The lowest BCUT2D eigenvalue weighted by Crippen LogP contribution is -2.08. The van der Waals surface area contributed by atoms with Gasteiger partial charge in [0.25, 0.3) is 0 Å². The van der Waals surface area contributed by atoms with Crippen molar-refractivity contribution in [1.82, 2.24) is 24.3 Å². The lowest BCUT2D eigenvalue weighted by atomic mass is 9.99. The Kier molecular flexibility index (Phi) is 4.12. The summed E-state index contributed by atoms with van der Waals surface area (Å²) in [6, 6.07) is 8.56. The third kappa shape index (κ3) is 2.97. The predicted octanol–water partition coefficient (Wildman–Crippen LogP) is 4.66. The molecule has 144 valence electrons. The molecular formula is C23H20FN5. The number of allylic oxidation sites excluding steroid dienone is 1. The SMILES string of the molecule is CC(c1cnn(C)c1)n1cnc(-c2ccc(F)cc2)c1-c1ccnc2c1C=CC2. The monoisotopic (exact) mass is 385 g/mol. The number of fused-ring (bicyclic) bond motifs is 1. The zero-order chi connectivity index (χ0) is 20.0. The molecule has 0 spiro atoms. The lowest BCUT2D eigenvalue weighted by Gasteiger charge is -2.18. The van der Waals surface area contributed by atoms with Crippen LogP contribution in [-0.2, 0) is 13.5 Å². The van der Waals surface area contributed by atoms with E-state index in [1.54, 1.807) is 16.8 Å². The first kappa shape index (κ1) is 17.6. The highest BCUT2D eigenvalue weighted by Crippen LogP contribution is 2.38. The fraction of sp³-hybridized carbons (Fsp3) is 0.174. The van der Waals surface area contributed by atoms with E-state index in [0.717, 1.165) is 45.8 Å². The number of pyridine rings is 1. The van der Waals surface area contributed by atoms with Crippen LogP contribution in [0.15, 0.2) is 61.3 Å². The molecule has 5 nitrogen and oxygen atoms in total. The van der Waals surface area contributed by atoms with Gasteiger partial charge in [-0.2, -0.15) is 5.10 Å². The van der Waals surface area contributed by atoms with Crippen LogP contribution >= 0.6 is 0 Å². The number of nitrogens with zero attached hydrogens (tertiary/aromatic N) is 5. The first-order valence-corrected chi connectivity index (χ1v) is 9.58. The lowest BCUT2D eigenvalue weighted by molar-refractivity contribution is 0.628. The van der Waals surface area contributed by atoms with Gasteiger partial charge in [-0.25, -0.2) is 9.37 Å². The van der Waals surface area contributed by atoms with Gasteiger partial charge in [-0.1, -0.05) is 12.2 Å². The number of imidazole rings is 1. The average Bonchev–Trinajstić information content (AvgIpc) is 3.46. The van der Waals surface area contributed by atoms with E-state index < -0.39 is 0 Å². The number of benzene rings is 1. The van der Waals surface area contributed by atoms with Crippen molar-refractivity contribution < 1.29 is 4.39 Å². The molecule has 1 aliphatic carbocycles. The van der Waals surface area contributed by atoms with Crippen molar-refractivity contribution in [2.45, 2.75) is 19.4 Å². The maximum Gasteiger partial charge on any atom is 0.123 e. The van der Waals surface area contributed by atoms with E-state index in [-0.39, 0.29) is 11.9 Å². The van der Waals surface area contributed by atoms with Crippen molar-refractivity contribution in [3.63, 3.8) is 0 Å². The molecule has 0 N–H and O–H groups in total. The summed E-state index contributed by atoms with van der Waals surface area (Å²) in [5, 5.41) is 4.32. The van der Waals surface area contributed by atoms with Gasteiger partial charge in [0, 0.05) is 48.1 Å². The molecule has 0 radical (unpaired) electrons. The molecule has 0 fully saturated rings. The highest BCUT2D eigenvalue weighted by molar-refractivity contribution is 5.85. The van der Waals surface area contributed by atoms with Gasteiger partial charge in [-0.05, 0) is 37.3 Å². The van der Waals surface area contributed by atoms with E-state index in [9.17, 15) is 4.39 Å². The van der Waals surface area contributed by atoms with Gasteiger partial charge in [0.2, 0.25) is 0 Å². The topological polar surface area (TPSA) is 48.5 Å². The minimum Gasteiger partial charge on any atom is -0.323 e. The van der Waals surface area contributed by atoms with Crippen LogP contribution in [0.25, 0.3) is 28.6 Å². The fourth-order valence-electron chi connectivity index (χ4n) is 3.92. The second-order valence-electron chi connectivity index (χ2n) is 7.30. The summed E-state index contributed by atoms with van der Waals surface area (Å²) in [6.45, 7) is 2.13. The number of aryl methyl sites for hydroxylation is 1. The molecule has 0 bridgehead atoms. The van der Waals surface area contributed by atoms with E-state index in [1.165, 1.54) is 12.1 Å². The quantitative estimate of drug-likeness (QED) is 0.513. The van der Waals surface area contributed by atoms with Gasteiger partial charge < -0.3 is 4.57 Å². The Morgan fingerprint density at radius 2 is 1.93 bits per heavy atom. The molecule has 0 amide bonds. The molecule has 0 aliphatic heterocycles. The number of hydrogen-bond donors (Lipinski definition) is 0. The van der Waals surface area contributed by atoms with Crippen LogP contribution in [0.2, 0.25) is 0 Å². The minimum absolute atomic E-state index is 0.0367. The third-order valence-electron chi connectivity index (χ3n) is 5.46. The Morgan fingerprint density at radius 3 is 2.69 bits per heavy atom. The van der Waals surface area contributed by atoms with Gasteiger partial charge in [-0.3, -0.25) is 9.67 Å². The molecule has 1 aromatic carbocycles. The normalized spacial score (nSPS) is 13.6. The van der Waals surface area contributed by atoms with Gasteiger partial charge in [-0.15, -0.1) is 0 Å². The first-order valence-electron chi connectivity index (χ1n) is 9.58. The maximum absolute atomic E-state index is 13.5. The molecular weight excluding hydrogens is 365 g/mol. The van der Waals surface area contributed by atoms with Gasteiger partial charge in [0.1, 0.15) is 5.82 Å². The zero-order valence-electron chi connectivity index (χ0n) is 16.2. The molecule has 4 aromatic rings. The summed E-state index contributed by atoms with van der Waals surface area (Å²) >= 11 is 0. The second kappa shape index (κ2) is 6.81. The minimum atomic E-state index is -0.258. The highest BCUT2D eigenvalue weighted by Gasteiger charge is 2.23. The fourth-order valence-corrected chi connectivity index (χ4v) is 3.92. The van der Waals surface area contributed by atoms with Crippen LogP contribution in [-0.4, -0.2) is 24.3 Å². The van der Waals surface area contributed by atoms with Crippen molar-refractivity contribution in [1.29, 1.82) is 0 Å². The van der Waals surface area contributed by atoms with E-state index >= 15 is 0 Å². The standard InChI is InChI=1S/C23H20FN5/c1-15(17-12-27-28(2)13-17)29-14-26-22(16-6-8-18(24)9-7-16)23(29)20-10-11-25-21-5-3-4-19(20)21/h3-4,6-15H,5H2,1-2H3. The molecule has 0 saturated heterocycles. The highest BCUT2D eigenvalue weighted by atomic mass is 19.1. The molecule has 1 unspecified atom stereocenters. The van der Waals surface area contributed by atoms with Gasteiger partial charge in [0.15, 0.2) is 0 Å². The summed E-state index contributed by atoms with van der Waals surface area (Å²) < 4.78 is 17.5. The Bertz CT molecular complexity index is 1220. The van der Waals surface area contributed by atoms with Gasteiger partial charge in [0.05, 0.1) is 35.6 Å². The molecule has 29 heavy (non-hydrogen) atoms. The van der Waals surface area contributed by atoms with Crippen molar-refractivity contribution >= 4 is 6.08 Å². The first-order chi connectivity index (χ1) is 14.1. The van der Waals surface area contributed by atoms with Crippen molar-refractivity contribution in [2.75, 3.05) is 0 Å². The van der Waals surface area contributed by atoms with Crippen molar-refractivity contribution in [3.8, 4) is 22.5 Å². The van der Waals surface area contributed by atoms with E-state index in [0.29, 0.717) is 0 Å². The molecule has 6 heteroatoms. The van der Waals surface area contributed by atoms with Crippen LogP contribution in [0.4, 0.5) is 4.39 Å². The second-order valence-corrected chi connectivity index (χ2v) is 7.30. The Labute approximate surface area is 168 Å². The third-order valence-corrected chi connectivity index (χ3v) is 5.46. The molecule has 3 heterocycles. The summed E-state index contributed by atoms with van der Waals surface area (Å²) in [5.41, 5.74) is 7.07. The van der Waals surface area contributed by atoms with Crippen LogP contribution in [0.3, 0.4) is 0 Å². The Balaban J connectivity index is 1.74. The molecule has 1 aliphatic rings. The van der Waals surface area contributed by atoms with E-state index in [4.69, 9.17) is 4.98 Å². The summed E-state index contributed by atoms with van der Waals surface area (Å²) in [6.07, 6.45) is 12.7. The Hall–Kier alpha value is -3.54. The number of hydrogen-bond acceptors (Lipinski definition) is 3. The zero-order valence-corrected chi connectivity index (χ0v) is 16.2. The van der Waals surface area contributed by atoms with Crippen LogP contribution in [0, 0.1) is 5.82 Å². The summed E-state index contributed by atoms with van der Waals surface area (Å²) in [4.78, 5) is 9.26. The van der Waals surface area contributed by atoms with E-state index in [2.05, 4.69) is 33.7 Å². The largest absolute Gasteiger partial charge is 0.323 e. The smallest absolute Gasteiger partial charge is 0.123 e. The Morgan fingerprint density at radius 1 is 1.10 bits per heavy atom. The van der Waals surface area contributed by atoms with Gasteiger partial charge >= 0.3 is 0 Å².